The van der Waals surface area contributed by atoms with Crippen molar-refractivity contribution in [2.75, 3.05) is 36.4 Å². The van der Waals surface area contributed by atoms with Gasteiger partial charge in [0.05, 0.1) is 12.2 Å². The molecule has 0 spiro atoms. The fraction of sp³-hybridized carbons (Fsp3) is 0.360. The van der Waals surface area contributed by atoms with Gasteiger partial charge in [-0.2, -0.15) is 18.3 Å². The zero-order chi connectivity index (χ0) is 24.7. The predicted molar refractivity (Wildman–Crippen MR) is 129 cm³/mol. The molecule has 5 rings (SSSR count). The summed E-state index contributed by atoms with van der Waals surface area (Å²) in [4.78, 5) is 17.2. The zero-order valence-electron chi connectivity index (χ0n) is 19.1. The van der Waals surface area contributed by atoms with E-state index in [9.17, 15) is 18.0 Å². The summed E-state index contributed by atoms with van der Waals surface area (Å²) >= 11 is 6.10. The third kappa shape index (κ3) is 4.69. The van der Waals surface area contributed by atoms with E-state index in [1.165, 1.54) is 6.20 Å². The van der Waals surface area contributed by atoms with Gasteiger partial charge in [-0.15, -0.1) is 0 Å². The Morgan fingerprint density at radius 2 is 1.80 bits per heavy atom. The van der Waals surface area contributed by atoms with Gasteiger partial charge < -0.3 is 15.1 Å². The number of carbonyl (C=O) groups is 1. The molecular weight excluding hydrogens is 479 g/mol. The fourth-order valence-corrected chi connectivity index (χ4v) is 4.93. The monoisotopic (exact) mass is 503 g/mol. The summed E-state index contributed by atoms with van der Waals surface area (Å²) in [6, 6.07) is 12.5. The second kappa shape index (κ2) is 9.11. The van der Waals surface area contributed by atoms with Crippen LogP contribution in [0.1, 0.15) is 40.0 Å². The molecule has 1 amide bonds. The van der Waals surface area contributed by atoms with Gasteiger partial charge in [0, 0.05) is 43.3 Å². The lowest BCUT2D eigenvalue weighted by molar-refractivity contribution is -0.173. The number of amides is 1. The fourth-order valence-electron chi connectivity index (χ4n) is 4.75. The van der Waals surface area contributed by atoms with Crippen molar-refractivity contribution in [2.45, 2.75) is 31.6 Å². The van der Waals surface area contributed by atoms with E-state index in [0.29, 0.717) is 31.2 Å². The summed E-state index contributed by atoms with van der Waals surface area (Å²) in [5.74, 6) is -0.207. The highest BCUT2D eigenvalue weighted by Gasteiger charge is 2.47. The molecule has 3 aromatic rings. The minimum atomic E-state index is -4.49. The van der Waals surface area contributed by atoms with Gasteiger partial charge >= 0.3 is 6.18 Å². The van der Waals surface area contributed by atoms with Crippen LogP contribution in [0.15, 0.2) is 54.7 Å². The Morgan fingerprint density at radius 3 is 2.46 bits per heavy atom. The molecule has 2 aromatic carbocycles. The van der Waals surface area contributed by atoms with Crippen molar-refractivity contribution in [3.63, 3.8) is 0 Å². The van der Waals surface area contributed by atoms with E-state index in [1.807, 2.05) is 49.4 Å². The number of aromatic nitrogens is 2. The first kappa shape index (κ1) is 23.5. The molecule has 0 aliphatic carbocycles. The average molecular weight is 504 g/mol. The second-order valence-corrected chi connectivity index (χ2v) is 9.45. The number of fused-ring (bicyclic) bond motifs is 1. The van der Waals surface area contributed by atoms with E-state index >= 15 is 0 Å². The zero-order valence-corrected chi connectivity index (χ0v) is 19.9. The van der Waals surface area contributed by atoms with Crippen LogP contribution in [-0.2, 0) is 0 Å². The van der Waals surface area contributed by atoms with Gasteiger partial charge in [0.2, 0.25) is 0 Å². The van der Waals surface area contributed by atoms with Crippen molar-refractivity contribution in [2.24, 2.45) is 0 Å². The van der Waals surface area contributed by atoms with Gasteiger partial charge in [-0.25, -0.2) is 4.68 Å². The van der Waals surface area contributed by atoms with Gasteiger partial charge in [-0.1, -0.05) is 47.5 Å². The first-order valence-corrected chi connectivity index (χ1v) is 11.9. The molecular formula is C25H25ClF3N5O. The Morgan fingerprint density at radius 1 is 1.09 bits per heavy atom. The second-order valence-electron chi connectivity index (χ2n) is 9.01. The van der Waals surface area contributed by atoms with Crippen LogP contribution < -0.4 is 10.2 Å². The van der Waals surface area contributed by atoms with Crippen molar-refractivity contribution in [3.05, 3.63) is 76.4 Å². The highest BCUT2D eigenvalue weighted by molar-refractivity contribution is 6.30. The number of nitrogens with zero attached hydrogens (tertiary/aromatic N) is 4. The van der Waals surface area contributed by atoms with Crippen molar-refractivity contribution in [3.8, 4) is 0 Å². The SMILES string of the molecule is Cc1ccc([C@@H]2C[C@H](C(F)(F)F)n3ncc(C(=O)N4CCN(c5cccc(Cl)c5)CC4)c3N2)cc1. The molecule has 1 fully saturated rings. The normalized spacial score (nSPS) is 20.4. The number of halogens is 4. The number of nitrogens with one attached hydrogen (secondary N) is 1. The summed E-state index contributed by atoms with van der Waals surface area (Å²) in [5.41, 5.74) is 2.90. The molecule has 0 saturated carbocycles. The molecule has 1 N–H and O–H groups in total. The summed E-state index contributed by atoms with van der Waals surface area (Å²) in [6.45, 7) is 4.01. The van der Waals surface area contributed by atoms with Crippen LogP contribution in [0.3, 0.4) is 0 Å². The average Bonchev–Trinajstić information content (AvgIpc) is 3.27. The van der Waals surface area contributed by atoms with Crippen LogP contribution in [0, 0.1) is 6.92 Å². The minimum absolute atomic E-state index is 0.117. The van der Waals surface area contributed by atoms with Crippen molar-refractivity contribution < 1.29 is 18.0 Å². The van der Waals surface area contributed by atoms with E-state index in [1.54, 1.807) is 11.0 Å². The van der Waals surface area contributed by atoms with Gasteiger partial charge in [0.15, 0.2) is 6.04 Å². The van der Waals surface area contributed by atoms with E-state index in [0.717, 1.165) is 21.5 Å². The van der Waals surface area contributed by atoms with Crippen LogP contribution in [0.4, 0.5) is 24.7 Å². The number of hydrogen-bond acceptors (Lipinski definition) is 4. The number of hydrogen-bond donors (Lipinski definition) is 1. The first-order chi connectivity index (χ1) is 16.7. The Bertz CT molecular complexity index is 1220. The summed E-state index contributed by atoms with van der Waals surface area (Å²) in [7, 11) is 0. The Labute approximate surface area is 206 Å². The molecule has 6 nitrogen and oxygen atoms in total. The van der Waals surface area contributed by atoms with Crippen molar-refractivity contribution in [1.82, 2.24) is 14.7 Å². The molecule has 2 atom stereocenters. The maximum absolute atomic E-state index is 14.0. The number of alkyl halides is 3. The molecule has 0 unspecified atom stereocenters. The molecule has 0 radical (unpaired) electrons. The Balaban J connectivity index is 1.38. The van der Waals surface area contributed by atoms with Crippen molar-refractivity contribution >= 4 is 29.0 Å². The lowest BCUT2D eigenvalue weighted by Crippen LogP contribution is -2.49. The molecule has 10 heteroatoms. The number of rotatable bonds is 3. The standard InChI is InChI=1S/C25H25ClF3N5O/c1-16-5-7-17(8-6-16)21-14-22(25(27,28)29)34-23(31-21)20(15-30-34)24(35)33-11-9-32(10-12-33)19-4-2-3-18(26)13-19/h2-8,13,15,21-22,31H,9-12,14H2,1H3/t21-,22+/m0/s1. The number of anilines is 2. The third-order valence-electron chi connectivity index (χ3n) is 6.69. The van der Waals surface area contributed by atoms with E-state index in [4.69, 9.17) is 11.6 Å². The maximum atomic E-state index is 14.0. The molecule has 1 aromatic heterocycles. The summed E-state index contributed by atoms with van der Waals surface area (Å²) < 4.78 is 42.8. The predicted octanol–water partition coefficient (Wildman–Crippen LogP) is 5.47. The number of piperazine rings is 1. The largest absolute Gasteiger partial charge is 0.410 e. The number of carbonyl (C=O) groups excluding carboxylic acids is 1. The molecule has 3 heterocycles. The van der Waals surface area contributed by atoms with Gasteiger partial charge in [0.1, 0.15) is 11.4 Å². The highest BCUT2D eigenvalue weighted by Crippen LogP contribution is 2.44. The lowest BCUT2D eigenvalue weighted by atomic mass is 9.96. The van der Waals surface area contributed by atoms with Gasteiger partial charge in [-0.3, -0.25) is 4.79 Å². The van der Waals surface area contributed by atoms with Crippen LogP contribution in [0.5, 0.6) is 0 Å². The molecule has 184 valence electrons. The van der Waals surface area contributed by atoms with Crippen LogP contribution >= 0.6 is 11.6 Å². The Hall–Kier alpha value is -3.20. The number of benzene rings is 2. The van der Waals surface area contributed by atoms with E-state index in [-0.39, 0.29) is 23.7 Å². The van der Waals surface area contributed by atoms with Crippen LogP contribution in [-0.4, -0.2) is 52.9 Å². The third-order valence-corrected chi connectivity index (χ3v) is 6.92. The summed E-state index contributed by atoms with van der Waals surface area (Å²) in [6.07, 6.45) is -3.44. The van der Waals surface area contributed by atoms with Gasteiger partial charge in [0.25, 0.3) is 5.91 Å². The smallest absolute Gasteiger partial charge is 0.368 e. The first-order valence-electron chi connectivity index (χ1n) is 11.5. The highest BCUT2D eigenvalue weighted by atomic mass is 35.5. The van der Waals surface area contributed by atoms with E-state index < -0.39 is 18.3 Å². The van der Waals surface area contributed by atoms with E-state index in [2.05, 4.69) is 15.3 Å². The summed E-state index contributed by atoms with van der Waals surface area (Å²) in [5, 5.41) is 7.81. The minimum Gasteiger partial charge on any atom is -0.368 e. The maximum Gasteiger partial charge on any atom is 0.410 e. The molecule has 1 saturated heterocycles. The van der Waals surface area contributed by atoms with Gasteiger partial charge in [-0.05, 0) is 30.7 Å². The lowest BCUT2D eigenvalue weighted by Gasteiger charge is -2.37. The molecule has 35 heavy (non-hydrogen) atoms. The quantitative estimate of drug-likeness (QED) is 0.515. The Kier molecular flexibility index (Phi) is 6.13. The molecule has 2 aliphatic rings. The van der Waals surface area contributed by atoms with Crippen LogP contribution in [0.2, 0.25) is 5.02 Å². The van der Waals surface area contributed by atoms with Crippen molar-refractivity contribution in [1.29, 1.82) is 0 Å². The number of aryl methyl sites for hydroxylation is 1. The molecule has 2 aliphatic heterocycles. The van der Waals surface area contributed by atoms with Crippen LogP contribution in [0.25, 0.3) is 0 Å². The molecule has 0 bridgehead atoms. The topological polar surface area (TPSA) is 53.4 Å².